The molecule has 0 unspecified atom stereocenters. The predicted octanol–water partition coefficient (Wildman–Crippen LogP) is 0.678. The summed E-state index contributed by atoms with van der Waals surface area (Å²) in [6.45, 7) is 8.18. The molecular formula is C17H30NO4+. The molecule has 0 aliphatic carbocycles. The van der Waals surface area contributed by atoms with Crippen molar-refractivity contribution in [3.05, 3.63) is 23.8 Å². The van der Waals surface area contributed by atoms with E-state index in [1.807, 2.05) is 23.5 Å². The van der Waals surface area contributed by atoms with Crippen molar-refractivity contribution in [3.8, 4) is 11.5 Å². The lowest BCUT2D eigenvalue weighted by Crippen LogP contribution is -2.86. The molecule has 1 aromatic rings. The van der Waals surface area contributed by atoms with Crippen LogP contribution in [0.1, 0.15) is 32.8 Å². The Morgan fingerprint density at radius 1 is 1.27 bits per heavy atom. The van der Waals surface area contributed by atoms with Crippen molar-refractivity contribution in [1.29, 1.82) is 0 Å². The molecule has 126 valence electrons. The molecule has 0 aliphatic heterocycles. The van der Waals surface area contributed by atoms with Gasteiger partial charge in [0.25, 0.3) is 0 Å². The molecule has 0 amide bonds. The average Bonchev–Trinajstić information content (AvgIpc) is 2.48. The highest BCUT2D eigenvalue weighted by molar-refractivity contribution is 5.44. The number of aliphatic hydroxyl groups excluding tert-OH is 2. The molecule has 1 atom stereocenters. The molecule has 4 N–H and O–H groups in total. The van der Waals surface area contributed by atoms with Gasteiger partial charge in [-0.3, -0.25) is 0 Å². The van der Waals surface area contributed by atoms with Gasteiger partial charge in [0, 0.05) is 18.6 Å². The first-order chi connectivity index (χ1) is 10.4. The number of hydrogen-bond donors (Lipinski definition) is 3. The van der Waals surface area contributed by atoms with Crippen molar-refractivity contribution >= 4 is 0 Å². The summed E-state index contributed by atoms with van der Waals surface area (Å²) >= 11 is 0. The van der Waals surface area contributed by atoms with E-state index in [1.165, 1.54) is 0 Å². The third-order valence-corrected chi connectivity index (χ3v) is 3.43. The molecule has 0 radical (unpaired) electrons. The third-order valence-electron chi connectivity index (χ3n) is 3.43. The van der Waals surface area contributed by atoms with Crippen molar-refractivity contribution < 1.29 is 25.0 Å². The van der Waals surface area contributed by atoms with E-state index in [-0.39, 0.29) is 18.6 Å². The number of rotatable bonds is 9. The van der Waals surface area contributed by atoms with Crippen LogP contribution in [0.4, 0.5) is 0 Å². The lowest BCUT2D eigenvalue weighted by atomic mass is 9.86. The molecule has 0 saturated carbocycles. The summed E-state index contributed by atoms with van der Waals surface area (Å²) in [6.07, 6.45) is 0.203. The van der Waals surface area contributed by atoms with Crippen LogP contribution in [0.2, 0.25) is 0 Å². The quantitative estimate of drug-likeness (QED) is 0.586. The molecule has 0 heterocycles. The molecule has 0 aromatic heterocycles. The van der Waals surface area contributed by atoms with Crippen molar-refractivity contribution in [1.82, 2.24) is 0 Å². The smallest absolute Gasteiger partial charge is 0.137 e. The van der Waals surface area contributed by atoms with Crippen molar-refractivity contribution in [3.63, 3.8) is 0 Å². The summed E-state index contributed by atoms with van der Waals surface area (Å²) < 4.78 is 11.1. The van der Waals surface area contributed by atoms with E-state index in [4.69, 9.17) is 14.6 Å². The first-order valence-electron chi connectivity index (χ1n) is 7.80. The van der Waals surface area contributed by atoms with Crippen LogP contribution >= 0.6 is 0 Å². The van der Waals surface area contributed by atoms with Gasteiger partial charge in [0.05, 0.1) is 13.7 Å². The lowest BCUT2D eigenvalue weighted by molar-refractivity contribution is -0.661. The molecule has 0 fully saturated rings. The van der Waals surface area contributed by atoms with Gasteiger partial charge in [-0.15, -0.1) is 0 Å². The van der Waals surface area contributed by atoms with Crippen molar-refractivity contribution in [2.24, 2.45) is 0 Å². The van der Waals surface area contributed by atoms with E-state index in [1.54, 1.807) is 7.11 Å². The summed E-state index contributed by atoms with van der Waals surface area (Å²) in [7, 11) is 1.65. The second kappa shape index (κ2) is 8.98. The fourth-order valence-corrected chi connectivity index (χ4v) is 2.15. The second-order valence-electron chi connectivity index (χ2n) is 6.47. The zero-order valence-corrected chi connectivity index (χ0v) is 14.1. The van der Waals surface area contributed by atoms with E-state index in [9.17, 15) is 5.11 Å². The van der Waals surface area contributed by atoms with Gasteiger partial charge in [0.2, 0.25) is 0 Å². The maximum absolute atomic E-state index is 9.96. The van der Waals surface area contributed by atoms with Crippen LogP contribution in [0.3, 0.4) is 0 Å². The molecule has 1 aromatic carbocycles. The Balaban J connectivity index is 2.61. The Kier molecular flexibility index (Phi) is 7.65. The van der Waals surface area contributed by atoms with E-state index < -0.39 is 6.10 Å². The zero-order chi connectivity index (χ0) is 16.6. The topological polar surface area (TPSA) is 75.5 Å². The number of nitrogens with two attached hydrogens (primary N) is 1. The minimum Gasteiger partial charge on any atom is -0.497 e. The van der Waals surface area contributed by atoms with E-state index in [2.05, 4.69) is 20.8 Å². The Labute approximate surface area is 133 Å². The molecule has 0 spiro atoms. The Hall–Kier alpha value is -1.30. The number of ether oxygens (including phenoxy) is 2. The van der Waals surface area contributed by atoms with E-state index in [0.717, 1.165) is 30.0 Å². The van der Waals surface area contributed by atoms with Crippen LogP contribution in [0, 0.1) is 0 Å². The standard InChI is InChI=1S/C17H29NO4/c1-17(2,3)15-10-14(21-4)6-7-16(15)22-12-13(20)11-18-8-5-9-19/h6-7,10,13,18-20H,5,8-9,11-12H2,1-4H3/p+1/t13-/m0/s1. The maximum Gasteiger partial charge on any atom is 0.137 e. The van der Waals surface area contributed by atoms with Crippen LogP contribution in [0.15, 0.2) is 18.2 Å². The molecule has 5 heteroatoms. The Morgan fingerprint density at radius 3 is 2.59 bits per heavy atom. The summed E-state index contributed by atoms with van der Waals surface area (Å²) in [5.74, 6) is 1.58. The number of aliphatic hydroxyl groups is 2. The zero-order valence-electron chi connectivity index (χ0n) is 14.1. The maximum atomic E-state index is 9.96. The number of benzene rings is 1. The molecule has 0 aliphatic rings. The third kappa shape index (κ3) is 6.22. The van der Waals surface area contributed by atoms with Gasteiger partial charge in [-0.1, -0.05) is 20.8 Å². The Morgan fingerprint density at radius 2 is 2.00 bits per heavy atom. The fourth-order valence-electron chi connectivity index (χ4n) is 2.15. The van der Waals surface area contributed by atoms with E-state index >= 15 is 0 Å². The van der Waals surface area contributed by atoms with Crippen LogP contribution in [-0.2, 0) is 5.41 Å². The first kappa shape index (κ1) is 18.7. The van der Waals surface area contributed by atoms with Crippen LogP contribution in [-0.4, -0.2) is 49.7 Å². The minimum absolute atomic E-state index is 0.0674. The minimum atomic E-state index is -0.534. The summed E-state index contributed by atoms with van der Waals surface area (Å²) in [5, 5.41) is 20.7. The van der Waals surface area contributed by atoms with Crippen LogP contribution in [0.25, 0.3) is 0 Å². The molecule has 22 heavy (non-hydrogen) atoms. The predicted molar refractivity (Wildman–Crippen MR) is 86.6 cm³/mol. The highest BCUT2D eigenvalue weighted by Gasteiger charge is 2.20. The van der Waals surface area contributed by atoms with Gasteiger partial charge in [-0.2, -0.15) is 0 Å². The van der Waals surface area contributed by atoms with Crippen molar-refractivity contribution in [2.75, 3.05) is 33.4 Å². The molecule has 0 bridgehead atoms. The van der Waals surface area contributed by atoms with Gasteiger partial charge < -0.3 is 25.0 Å². The molecule has 0 saturated heterocycles. The molecular weight excluding hydrogens is 282 g/mol. The normalized spacial score (nSPS) is 13.0. The SMILES string of the molecule is COc1ccc(OC[C@@H](O)C[NH2+]CCCO)c(C(C)(C)C)c1. The van der Waals surface area contributed by atoms with Gasteiger partial charge >= 0.3 is 0 Å². The molecule has 1 rings (SSSR count). The first-order valence-corrected chi connectivity index (χ1v) is 7.80. The highest BCUT2D eigenvalue weighted by Crippen LogP contribution is 2.34. The van der Waals surface area contributed by atoms with Gasteiger partial charge in [-0.05, 0) is 23.6 Å². The van der Waals surface area contributed by atoms with Gasteiger partial charge in [0.15, 0.2) is 0 Å². The lowest BCUT2D eigenvalue weighted by Gasteiger charge is -2.24. The number of hydrogen-bond acceptors (Lipinski definition) is 4. The second-order valence-corrected chi connectivity index (χ2v) is 6.47. The highest BCUT2D eigenvalue weighted by atomic mass is 16.5. The van der Waals surface area contributed by atoms with Gasteiger partial charge in [-0.25, -0.2) is 0 Å². The Bertz CT molecular complexity index is 443. The summed E-state index contributed by atoms with van der Waals surface area (Å²) in [4.78, 5) is 0. The monoisotopic (exact) mass is 312 g/mol. The van der Waals surface area contributed by atoms with E-state index in [0.29, 0.717) is 6.54 Å². The largest absolute Gasteiger partial charge is 0.497 e. The summed E-state index contributed by atoms with van der Waals surface area (Å²) in [6, 6.07) is 5.74. The summed E-state index contributed by atoms with van der Waals surface area (Å²) in [5.41, 5.74) is 0.991. The molecule has 5 nitrogen and oxygen atoms in total. The van der Waals surface area contributed by atoms with Crippen molar-refractivity contribution in [2.45, 2.75) is 38.7 Å². The van der Waals surface area contributed by atoms with Gasteiger partial charge in [0.1, 0.15) is 30.8 Å². The number of quaternary nitrogens is 1. The van der Waals surface area contributed by atoms with Crippen LogP contribution < -0.4 is 14.8 Å². The number of methoxy groups -OCH3 is 1. The fraction of sp³-hybridized carbons (Fsp3) is 0.647. The van der Waals surface area contributed by atoms with Crippen LogP contribution in [0.5, 0.6) is 11.5 Å². The average molecular weight is 312 g/mol.